The molecule has 0 spiro atoms. The third kappa shape index (κ3) is 5.33. The number of non-ortho nitro benzene ring substituents is 1. The molecule has 0 saturated heterocycles. The molecule has 2 rings (SSSR count). The van der Waals surface area contributed by atoms with Gasteiger partial charge in [0, 0.05) is 12.1 Å². The molecule has 0 heterocycles. The van der Waals surface area contributed by atoms with Crippen LogP contribution in [0.15, 0.2) is 18.2 Å². The molecule has 0 aromatic heterocycles. The first-order valence-electron chi connectivity index (χ1n) is 8.46. The number of hydrogen-bond acceptors (Lipinski definition) is 6. The molecule has 1 fully saturated rings. The van der Waals surface area contributed by atoms with Gasteiger partial charge in [-0.1, -0.05) is 19.8 Å². The number of carbonyl (C=O) groups is 2. The van der Waals surface area contributed by atoms with E-state index in [4.69, 9.17) is 9.47 Å². The van der Waals surface area contributed by atoms with Crippen LogP contribution in [-0.2, 0) is 4.79 Å². The van der Waals surface area contributed by atoms with Crippen LogP contribution in [0.25, 0.3) is 0 Å². The summed E-state index contributed by atoms with van der Waals surface area (Å²) in [7, 11) is 1.38. The second kappa shape index (κ2) is 9.02. The number of methoxy groups -OCH3 is 1. The Morgan fingerprint density at radius 3 is 2.65 bits per heavy atom. The van der Waals surface area contributed by atoms with Crippen LogP contribution in [0.1, 0.15) is 32.6 Å². The zero-order valence-electron chi connectivity index (χ0n) is 14.8. The van der Waals surface area contributed by atoms with E-state index in [1.807, 2.05) is 0 Å². The van der Waals surface area contributed by atoms with E-state index < -0.39 is 23.5 Å². The molecule has 142 valence electrons. The van der Waals surface area contributed by atoms with Gasteiger partial charge < -0.3 is 14.8 Å². The van der Waals surface area contributed by atoms with Gasteiger partial charge in [0.25, 0.3) is 11.6 Å². The minimum Gasteiger partial charge on any atom is -0.493 e. The van der Waals surface area contributed by atoms with Crippen LogP contribution in [0, 0.1) is 16.0 Å². The maximum Gasteiger partial charge on any atom is 0.321 e. The fourth-order valence-corrected chi connectivity index (χ4v) is 2.93. The number of ether oxygens (including phenoxy) is 2. The molecule has 0 unspecified atom stereocenters. The summed E-state index contributed by atoms with van der Waals surface area (Å²) in [6.07, 6.45) is 4.15. The van der Waals surface area contributed by atoms with Gasteiger partial charge in [-0.3, -0.25) is 20.2 Å². The topological polar surface area (TPSA) is 120 Å². The molecule has 0 radical (unpaired) electrons. The van der Waals surface area contributed by atoms with E-state index in [0.29, 0.717) is 5.92 Å². The number of imide groups is 1. The quantitative estimate of drug-likeness (QED) is 0.590. The Morgan fingerprint density at radius 1 is 1.27 bits per heavy atom. The van der Waals surface area contributed by atoms with Crippen LogP contribution in [0.3, 0.4) is 0 Å². The number of nitro groups is 1. The van der Waals surface area contributed by atoms with Gasteiger partial charge in [-0.25, -0.2) is 4.79 Å². The molecule has 1 aromatic carbocycles. The Hall–Kier alpha value is -2.84. The normalized spacial score (nSPS) is 19.3. The predicted octanol–water partition coefficient (Wildman–Crippen LogP) is 2.39. The number of rotatable bonds is 6. The SMILES string of the molecule is COc1ccc([N+](=O)[O-])cc1OCC(=O)NC(=O)N[C@H]1CCCC[C@H]1C. The molecule has 0 aliphatic heterocycles. The fourth-order valence-electron chi connectivity index (χ4n) is 2.93. The first-order chi connectivity index (χ1) is 12.4. The van der Waals surface area contributed by atoms with Gasteiger partial charge in [-0.15, -0.1) is 0 Å². The monoisotopic (exact) mass is 365 g/mol. The molecule has 9 heteroatoms. The fraction of sp³-hybridized carbons (Fsp3) is 0.529. The molecule has 0 bridgehead atoms. The first-order valence-corrected chi connectivity index (χ1v) is 8.46. The van der Waals surface area contributed by atoms with E-state index in [0.717, 1.165) is 31.7 Å². The number of nitrogens with zero attached hydrogens (tertiary/aromatic N) is 1. The summed E-state index contributed by atoms with van der Waals surface area (Å²) in [6, 6.07) is 3.29. The summed E-state index contributed by atoms with van der Waals surface area (Å²) in [5, 5.41) is 15.8. The van der Waals surface area contributed by atoms with E-state index >= 15 is 0 Å². The Kier molecular flexibility index (Phi) is 6.76. The van der Waals surface area contributed by atoms with Crippen LogP contribution >= 0.6 is 0 Å². The number of nitrogens with one attached hydrogen (secondary N) is 2. The van der Waals surface area contributed by atoms with Gasteiger partial charge in [-0.05, 0) is 24.8 Å². The Morgan fingerprint density at radius 2 is 2.00 bits per heavy atom. The average Bonchev–Trinajstić information content (AvgIpc) is 2.61. The zero-order chi connectivity index (χ0) is 19.1. The lowest BCUT2D eigenvalue weighted by Crippen LogP contribution is -2.48. The number of hydrogen-bond donors (Lipinski definition) is 2. The number of amides is 3. The van der Waals surface area contributed by atoms with Gasteiger partial charge in [-0.2, -0.15) is 0 Å². The van der Waals surface area contributed by atoms with Crippen molar-refractivity contribution in [2.75, 3.05) is 13.7 Å². The highest BCUT2D eigenvalue weighted by Crippen LogP contribution is 2.31. The van der Waals surface area contributed by atoms with Crippen molar-refractivity contribution in [3.63, 3.8) is 0 Å². The number of benzene rings is 1. The van der Waals surface area contributed by atoms with E-state index in [-0.39, 0.29) is 23.2 Å². The maximum atomic E-state index is 11.9. The Labute approximate surface area is 151 Å². The highest BCUT2D eigenvalue weighted by molar-refractivity contribution is 5.95. The highest BCUT2D eigenvalue weighted by Gasteiger charge is 2.23. The minimum atomic E-state index is -0.653. The van der Waals surface area contributed by atoms with E-state index in [1.165, 1.54) is 19.2 Å². The van der Waals surface area contributed by atoms with Crippen molar-refractivity contribution in [3.8, 4) is 11.5 Å². The number of urea groups is 1. The largest absolute Gasteiger partial charge is 0.493 e. The summed E-state index contributed by atoms with van der Waals surface area (Å²) in [5.41, 5.74) is -0.190. The van der Waals surface area contributed by atoms with Crippen molar-refractivity contribution < 1.29 is 24.0 Å². The summed E-state index contributed by atoms with van der Waals surface area (Å²) in [5.74, 6) is 0.0246. The van der Waals surface area contributed by atoms with Crippen molar-refractivity contribution in [1.29, 1.82) is 0 Å². The smallest absolute Gasteiger partial charge is 0.321 e. The maximum absolute atomic E-state index is 11.9. The molecular weight excluding hydrogens is 342 g/mol. The van der Waals surface area contributed by atoms with Crippen LogP contribution in [-0.4, -0.2) is 36.6 Å². The molecule has 2 atom stereocenters. The van der Waals surface area contributed by atoms with Crippen molar-refractivity contribution in [2.45, 2.75) is 38.6 Å². The van der Waals surface area contributed by atoms with E-state index in [1.54, 1.807) is 0 Å². The van der Waals surface area contributed by atoms with Gasteiger partial charge in [0.05, 0.1) is 18.1 Å². The van der Waals surface area contributed by atoms with Crippen molar-refractivity contribution in [1.82, 2.24) is 10.6 Å². The van der Waals surface area contributed by atoms with Gasteiger partial charge in [0.1, 0.15) is 0 Å². The third-order valence-corrected chi connectivity index (χ3v) is 4.40. The molecule has 9 nitrogen and oxygen atoms in total. The molecule has 1 aliphatic carbocycles. The van der Waals surface area contributed by atoms with Crippen LogP contribution in [0.2, 0.25) is 0 Å². The first kappa shape index (κ1) is 19.5. The Bertz CT molecular complexity index is 678. The average molecular weight is 365 g/mol. The van der Waals surface area contributed by atoms with Gasteiger partial charge in [0.15, 0.2) is 18.1 Å². The Balaban J connectivity index is 1.87. The third-order valence-electron chi connectivity index (χ3n) is 4.40. The summed E-state index contributed by atoms with van der Waals surface area (Å²) >= 11 is 0. The van der Waals surface area contributed by atoms with Crippen LogP contribution in [0.4, 0.5) is 10.5 Å². The lowest BCUT2D eigenvalue weighted by atomic mass is 9.86. The number of nitro benzene ring substituents is 1. The van der Waals surface area contributed by atoms with Crippen molar-refractivity contribution in [3.05, 3.63) is 28.3 Å². The van der Waals surface area contributed by atoms with E-state index in [9.17, 15) is 19.7 Å². The van der Waals surface area contributed by atoms with Crippen molar-refractivity contribution in [2.24, 2.45) is 5.92 Å². The molecule has 26 heavy (non-hydrogen) atoms. The van der Waals surface area contributed by atoms with Gasteiger partial charge >= 0.3 is 6.03 Å². The molecule has 1 saturated carbocycles. The molecule has 1 aliphatic rings. The minimum absolute atomic E-state index is 0.0503. The van der Waals surface area contributed by atoms with Crippen LogP contribution in [0.5, 0.6) is 11.5 Å². The van der Waals surface area contributed by atoms with Crippen molar-refractivity contribution >= 4 is 17.6 Å². The predicted molar refractivity (Wildman–Crippen MR) is 93.2 cm³/mol. The highest BCUT2D eigenvalue weighted by atomic mass is 16.6. The summed E-state index contributed by atoms with van der Waals surface area (Å²) in [6.45, 7) is 1.61. The molecular formula is C17H23N3O6. The van der Waals surface area contributed by atoms with Crippen LogP contribution < -0.4 is 20.1 Å². The second-order valence-corrected chi connectivity index (χ2v) is 6.27. The summed E-state index contributed by atoms with van der Waals surface area (Å²) < 4.78 is 10.3. The van der Waals surface area contributed by atoms with Gasteiger partial charge in [0.2, 0.25) is 0 Å². The van der Waals surface area contributed by atoms with E-state index in [2.05, 4.69) is 17.6 Å². The number of carbonyl (C=O) groups excluding carboxylic acids is 2. The molecule has 1 aromatic rings. The standard InChI is InChI=1S/C17H23N3O6/c1-11-5-3-4-6-13(11)18-17(22)19-16(21)10-26-15-9-12(20(23)24)7-8-14(15)25-2/h7-9,11,13H,3-6,10H2,1-2H3,(H2,18,19,21,22)/t11-,13+/m1/s1. The second-order valence-electron chi connectivity index (χ2n) is 6.27. The summed E-state index contributed by atoms with van der Waals surface area (Å²) in [4.78, 5) is 34.1. The zero-order valence-corrected chi connectivity index (χ0v) is 14.8. The lowest BCUT2D eigenvalue weighted by molar-refractivity contribution is -0.385. The molecule has 3 amide bonds. The molecule has 2 N–H and O–H groups in total. The lowest BCUT2D eigenvalue weighted by Gasteiger charge is -2.29.